The van der Waals surface area contributed by atoms with Crippen LogP contribution in [0.2, 0.25) is 0 Å². The van der Waals surface area contributed by atoms with Crippen molar-refractivity contribution in [2.75, 3.05) is 0 Å². The van der Waals surface area contributed by atoms with Gasteiger partial charge in [-0.2, -0.15) is 5.10 Å². The Bertz CT molecular complexity index is 883. The molecule has 1 aromatic carbocycles. The highest BCUT2D eigenvalue weighted by atomic mass is 16.1. The van der Waals surface area contributed by atoms with Gasteiger partial charge in [-0.05, 0) is 62.6 Å². The van der Waals surface area contributed by atoms with Gasteiger partial charge in [-0.25, -0.2) is 5.10 Å². The van der Waals surface area contributed by atoms with Crippen LogP contribution in [0.25, 0.3) is 16.8 Å². The summed E-state index contributed by atoms with van der Waals surface area (Å²) in [5.41, 5.74) is 6.95. The summed E-state index contributed by atoms with van der Waals surface area (Å²) in [5, 5.41) is 6.36. The topological polar surface area (TPSA) is 50.7 Å². The van der Waals surface area contributed by atoms with Gasteiger partial charge in [-0.3, -0.25) is 4.79 Å². The number of hydrogen-bond acceptors (Lipinski definition) is 2. The van der Waals surface area contributed by atoms with Crippen LogP contribution in [0.4, 0.5) is 0 Å². The van der Waals surface area contributed by atoms with Gasteiger partial charge in [0.2, 0.25) is 0 Å². The quantitative estimate of drug-likeness (QED) is 0.786. The van der Waals surface area contributed by atoms with Crippen molar-refractivity contribution < 1.29 is 0 Å². The van der Waals surface area contributed by atoms with Crippen LogP contribution in [-0.2, 0) is 0 Å². The van der Waals surface area contributed by atoms with Crippen molar-refractivity contribution in [1.29, 1.82) is 0 Å². The Balaban J connectivity index is 2.26. The van der Waals surface area contributed by atoms with Crippen LogP contribution in [0.15, 0.2) is 41.3 Å². The predicted octanol–water partition coefficient (Wildman–Crippen LogP) is 3.46. The Labute approximate surface area is 129 Å². The summed E-state index contributed by atoms with van der Waals surface area (Å²) < 4.78 is 2.21. The Hall–Kier alpha value is -2.62. The number of aromatic amines is 1. The van der Waals surface area contributed by atoms with E-state index in [1.807, 2.05) is 13.0 Å². The lowest BCUT2D eigenvalue weighted by atomic mass is 10.0. The summed E-state index contributed by atoms with van der Waals surface area (Å²) in [4.78, 5) is 12.1. The van der Waals surface area contributed by atoms with Crippen molar-refractivity contribution in [2.24, 2.45) is 0 Å². The summed E-state index contributed by atoms with van der Waals surface area (Å²) in [6.07, 6.45) is 1.68. The molecule has 2 heterocycles. The van der Waals surface area contributed by atoms with Crippen molar-refractivity contribution in [3.8, 4) is 16.8 Å². The fraction of sp³-hybridized carbons (Fsp3) is 0.222. The van der Waals surface area contributed by atoms with Crippen LogP contribution < -0.4 is 5.56 Å². The molecule has 3 rings (SSSR count). The highest BCUT2D eigenvalue weighted by Crippen LogP contribution is 2.26. The van der Waals surface area contributed by atoms with E-state index in [0.717, 1.165) is 16.8 Å². The first kappa shape index (κ1) is 14.3. The second-order valence-electron chi connectivity index (χ2n) is 5.71. The van der Waals surface area contributed by atoms with Crippen LogP contribution in [0, 0.1) is 27.7 Å². The molecule has 0 aliphatic heterocycles. The van der Waals surface area contributed by atoms with Gasteiger partial charge in [0.1, 0.15) is 0 Å². The predicted molar refractivity (Wildman–Crippen MR) is 88.6 cm³/mol. The zero-order chi connectivity index (χ0) is 15.9. The zero-order valence-corrected chi connectivity index (χ0v) is 13.3. The average Bonchev–Trinajstić information content (AvgIpc) is 2.80. The number of nitrogens with one attached hydrogen (secondary N) is 1. The number of nitrogens with zero attached hydrogens (tertiary/aromatic N) is 2. The van der Waals surface area contributed by atoms with Gasteiger partial charge in [-0.1, -0.05) is 12.1 Å². The fourth-order valence-electron chi connectivity index (χ4n) is 2.90. The molecular formula is C18H19N3O. The smallest absolute Gasteiger partial charge is 0.272 e. The van der Waals surface area contributed by atoms with E-state index in [2.05, 4.69) is 59.8 Å². The van der Waals surface area contributed by atoms with E-state index >= 15 is 0 Å². The maximum Gasteiger partial charge on any atom is 0.272 e. The highest BCUT2D eigenvalue weighted by Gasteiger charge is 2.12. The Morgan fingerprint density at radius 3 is 2.27 bits per heavy atom. The minimum Gasteiger partial charge on any atom is -0.318 e. The normalized spacial score (nSPS) is 10.9. The first-order valence-electron chi connectivity index (χ1n) is 7.29. The van der Waals surface area contributed by atoms with Crippen molar-refractivity contribution in [1.82, 2.24) is 14.8 Å². The van der Waals surface area contributed by atoms with Gasteiger partial charge in [0.05, 0.1) is 11.8 Å². The second-order valence-corrected chi connectivity index (χ2v) is 5.71. The van der Waals surface area contributed by atoms with Crippen LogP contribution in [0.1, 0.15) is 22.5 Å². The molecular weight excluding hydrogens is 274 g/mol. The first-order chi connectivity index (χ1) is 10.5. The van der Waals surface area contributed by atoms with E-state index < -0.39 is 0 Å². The SMILES string of the molecule is Cc1ccc(-c2c(C)cn[nH]c2=O)cc1-n1c(C)ccc1C. The Morgan fingerprint density at radius 2 is 1.64 bits per heavy atom. The molecule has 0 fully saturated rings. The third-order valence-electron chi connectivity index (χ3n) is 4.06. The lowest BCUT2D eigenvalue weighted by Crippen LogP contribution is -2.12. The van der Waals surface area contributed by atoms with Crippen LogP contribution in [0.3, 0.4) is 0 Å². The zero-order valence-electron chi connectivity index (χ0n) is 13.3. The molecule has 0 bridgehead atoms. The molecule has 0 aliphatic rings. The van der Waals surface area contributed by atoms with Gasteiger partial charge in [-0.15, -0.1) is 0 Å². The number of H-pyrrole nitrogens is 1. The first-order valence-corrected chi connectivity index (χ1v) is 7.29. The molecule has 22 heavy (non-hydrogen) atoms. The Kier molecular flexibility index (Phi) is 3.45. The van der Waals surface area contributed by atoms with Crippen molar-refractivity contribution in [3.05, 3.63) is 69.4 Å². The summed E-state index contributed by atoms with van der Waals surface area (Å²) in [5.74, 6) is 0. The monoisotopic (exact) mass is 293 g/mol. The number of aromatic nitrogens is 3. The van der Waals surface area contributed by atoms with E-state index in [1.165, 1.54) is 17.0 Å². The summed E-state index contributed by atoms with van der Waals surface area (Å²) in [6, 6.07) is 10.3. The maximum absolute atomic E-state index is 12.1. The molecule has 1 N–H and O–H groups in total. The third-order valence-corrected chi connectivity index (χ3v) is 4.06. The minimum absolute atomic E-state index is 0.157. The highest BCUT2D eigenvalue weighted by molar-refractivity contribution is 5.69. The van der Waals surface area contributed by atoms with Crippen LogP contribution in [0.5, 0.6) is 0 Å². The largest absolute Gasteiger partial charge is 0.318 e. The lowest BCUT2D eigenvalue weighted by molar-refractivity contribution is 0.953. The molecule has 0 saturated heterocycles. The molecule has 0 atom stereocenters. The number of aryl methyl sites for hydroxylation is 4. The number of hydrogen-bond donors (Lipinski definition) is 1. The van der Waals surface area contributed by atoms with Crippen molar-refractivity contribution in [3.63, 3.8) is 0 Å². The third kappa shape index (κ3) is 2.26. The van der Waals surface area contributed by atoms with E-state index in [1.54, 1.807) is 6.20 Å². The van der Waals surface area contributed by atoms with Crippen molar-refractivity contribution in [2.45, 2.75) is 27.7 Å². The molecule has 0 saturated carbocycles. The minimum atomic E-state index is -0.157. The second kappa shape index (κ2) is 5.30. The molecule has 0 radical (unpaired) electrons. The molecule has 0 amide bonds. The van der Waals surface area contributed by atoms with Gasteiger partial charge in [0.25, 0.3) is 5.56 Å². The van der Waals surface area contributed by atoms with Crippen LogP contribution >= 0.6 is 0 Å². The molecule has 0 spiro atoms. The number of rotatable bonds is 2. The summed E-state index contributed by atoms with van der Waals surface area (Å²) in [7, 11) is 0. The summed E-state index contributed by atoms with van der Waals surface area (Å²) in [6.45, 7) is 8.16. The van der Waals surface area contributed by atoms with E-state index in [-0.39, 0.29) is 5.56 Å². The molecule has 4 heteroatoms. The molecule has 4 nitrogen and oxygen atoms in total. The van der Waals surface area contributed by atoms with Gasteiger partial charge >= 0.3 is 0 Å². The van der Waals surface area contributed by atoms with Gasteiger partial charge in [0, 0.05) is 17.1 Å². The van der Waals surface area contributed by atoms with Crippen LogP contribution in [-0.4, -0.2) is 14.8 Å². The summed E-state index contributed by atoms with van der Waals surface area (Å²) >= 11 is 0. The van der Waals surface area contributed by atoms with E-state index in [9.17, 15) is 4.79 Å². The van der Waals surface area contributed by atoms with E-state index in [0.29, 0.717) is 5.56 Å². The van der Waals surface area contributed by atoms with E-state index in [4.69, 9.17) is 0 Å². The fourth-order valence-corrected chi connectivity index (χ4v) is 2.90. The molecule has 2 aromatic heterocycles. The molecule has 0 unspecified atom stereocenters. The Morgan fingerprint density at radius 1 is 0.955 bits per heavy atom. The maximum atomic E-state index is 12.1. The molecule has 3 aromatic rings. The average molecular weight is 293 g/mol. The number of benzene rings is 1. The van der Waals surface area contributed by atoms with Gasteiger partial charge in [0.15, 0.2) is 0 Å². The molecule has 112 valence electrons. The molecule has 0 aliphatic carbocycles. The van der Waals surface area contributed by atoms with Crippen molar-refractivity contribution >= 4 is 0 Å². The van der Waals surface area contributed by atoms with Gasteiger partial charge < -0.3 is 4.57 Å². The standard InChI is InChI=1S/C18H19N3O/c1-11-5-8-15(17-12(2)10-19-20-18(17)22)9-16(11)21-13(3)6-7-14(21)4/h5-10H,1-4H3,(H,20,22). The lowest BCUT2D eigenvalue weighted by Gasteiger charge is -2.15.